The zero-order valence-corrected chi connectivity index (χ0v) is 25.0. The van der Waals surface area contributed by atoms with E-state index in [2.05, 4.69) is 27.7 Å². The van der Waals surface area contributed by atoms with Crippen molar-refractivity contribution < 1.29 is 17.0 Å². The van der Waals surface area contributed by atoms with Crippen molar-refractivity contribution >= 4 is 7.26 Å². The van der Waals surface area contributed by atoms with E-state index in [0.717, 1.165) is 0 Å². The van der Waals surface area contributed by atoms with Crippen LogP contribution in [0.15, 0.2) is 0 Å². The van der Waals surface area contributed by atoms with Crippen molar-refractivity contribution in [1.82, 2.24) is 0 Å². The summed E-state index contributed by atoms with van der Waals surface area (Å²) >= 11 is 0. The summed E-state index contributed by atoms with van der Waals surface area (Å²) in [5, 5.41) is 0. The molecule has 0 heterocycles. The van der Waals surface area contributed by atoms with E-state index in [4.69, 9.17) is 0 Å². The van der Waals surface area contributed by atoms with E-state index in [9.17, 15) is 0 Å². The van der Waals surface area contributed by atoms with Crippen LogP contribution in [0.3, 0.4) is 0 Å². The second-order valence-corrected chi connectivity index (χ2v) is 14.7. The number of hydrogen-bond acceptors (Lipinski definition) is 0. The number of rotatable bonds is 25. The normalized spacial score (nSPS) is 11.6. The van der Waals surface area contributed by atoms with Gasteiger partial charge in [-0.1, -0.05) is 111 Å². The highest BCUT2D eigenvalue weighted by molar-refractivity contribution is 7.75. The van der Waals surface area contributed by atoms with Crippen molar-refractivity contribution in [1.29, 1.82) is 0 Å². The van der Waals surface area contributed by atoms with Crippen LogP contribution in [0, 0.1) is 0 Å². The van der Waals surface area contributed by atoms with Gasteiger partial charge >= 0.3 is 0 Å². The van der Waals surface area contributed by atoms with Gasteiger partial charge in [0.05, 0.1) is 24.6 Å². The summed E-state index contributed by atoms with van der Waals surface area (Å²) in [5.74, 6) is 0. The molecular formula is C29H62BrP. The molecule has 0 saturated carbocycles. The van der Waals surface area contributed by atoms with E-state index in [1.165, 1.54) is 109 Å². The third kappa shape index (κ3) is 22.5. The minimum atomic E-state index is -0.687. The largest absolute Gasteiger partial charge is 1.00 e. The van der Waals surface area contributed by atoms with E-state index < -0.39 is 7.26 Å². The monoisotopic (exact) mass is 520 g/mol. The van der Waals surface area contributed by atoms with Crippen molar-refractivity contribution in [2.75, 3.05) is 24.6 Å². The Hall–Kier alpha value is 0.910. The Balaban J connectivity index is 0. The summed E-state index contributed by atoms with van der Waals surface area (Å²) in [6, 6.07) is 0. The molecule has 0 nitrogen and oxygen atoms in total. The first-order valence-corrected chi connectivity index (χ1v) is 17.1. The van der Waals surface area contributed by atoms with E-state index >= 15 is 0 Å². The maximum Gasteiger partial charge on any atom is 0.0594 e. The SMILES string of the molecule is CCCCCCCCCCC[P+](CCCCCC)(CCCCCC)CCCCCC.[Br-]. The van der Waals surface area contributed by atoms with Gasteiger partial charge in [-0.3, -0.25) is 0 Å². The molecule has 0 rings (SSSR count). The van der Waals surface area contributed by atoms with Crippen LogP contribution in [0.25, 0.3) is 0 Å². The van der Waals surface area contributed by atoms with Gasteiger partial charge < -0.3 is 17.0 Å². The van der Waals surface area contributed by atoms with Crippen molar-refractivity contribution in [3.05, 3.63) is 0 Å². The Morgan fingerprint density at radius 2 is 0.484 bits per heavy atom. The van der Waals surface area contributed by atoms with Crippen molar-refractivity contribution in [2.45, 2.75) is 163 Å². The molecular weight excluding hydrogens is 459 g/mol. The molecule has 0 N–H and O–H groups in total. The minimum Gasteiger partial charge on any atom is -1.00 e. The second-order valence-electron chi connectivity index (χ2n) is 10.2. The van der Waals surface area contributed by atoms with Crippen LogP contribution in [0.4, 0.5) is 0 Å². The molecule has 31 heavy (non-hydrogen) atoms. The molecule has 0 spiro atoms. The van der Waals surface area contributed by atoms with Gasteiger partial charge in [-0.05, 0) is 51.4 Å². The summed E-state index contributed by atoms with van der Waals surface area (Å²) in [6.45, 7) is 9.41. The molecule has 2 heteroatoms. The molecule has 0 bridgehead atoms. The lowest BCUT2D eigenvalue weighted by Gasteiger charge is -2.28. The predicted molar refractivity (Wildman–Crippen MR) is 146 cm³/mol. The quantitative estimate of drug-likeness (QED) is 0.0838. The van der Waals surface area contributed by atoms with Crippen LogP contribution in [0.1, 0.15) is 163 Å². The first-order valence-electron chi connectivity index (χ1n) is 14.6. The van der Waals surface area contributed by atoms with Crippen LogP contribution in [0.2, 0.25) is 0 Å². The van der Waals surface area contributed by atoms with Gasteiger partial charge in [-0.25, -0.2) is 0 Å². The number of halogens is 1. The topological polar surface area (TPSA) is 0 Å². The van der Waals surface area contributed by atoms with E-state index in [1.807, 2.05) is 0 Å². The molecule has 0 amide bonds. The van der Waals surface area contributed by atoms with Crippen molar-refractivity contribution in [2.24, 2.45) is 0 Å². The Kier molecular flexibility index (Phi) is 29.9. The van der Waals surface area contributed by atoms with Crippen LogP contribution in [-0.2, 0) is 0 Å². The number of hydrogen-bond donors (Lipinski definition) is 0. The van der Waals surface area contributed by atoms with Gasteiger partial charge in [-0.2, -0.15) is 0 Å². The molecule has 0 atom stereocenters. The summed E-state index contributed by atoms with van der Waals surface area (Å²) < 4.78 is 0. The lowest BCUT2D eigenvalue weighted by atomic mass is 10.1. The molecule has 0 radical (unpaired) electrons. The van der Waals surface area contributed by atoms with Gasteiger partial charge in [-0.15, -0.1) is 0 Å². The third-order valence-electron chi connectivity index (χ3n) is 7.19. The van der Waals surface area contributed by atoms with Crippen molar-refractivity contribution in [3.63, 3.8) is 0 Å². The van der Waals surface area contributed by atoms with Crippen LogP contribution < -0.4 is 17.0 Å². The summed E-state index contributed by atoms with van der Waals surface area (Å²) in [5.41, 5.74) is 0. The van der Waals surface area contributed by atoms with Gasteiger partial charge in [0.1, 0.15) is 0 Å². The van der Waals surface area contributed by atoms with Gasteiger partial charge in [0.2, 0.25) is 0 Å². The van der Waals surface area contributed by atoms with Gasteiger partial charge in [0, 0.05) is 7.26 Å². The van der Waals surface area contributed by atoms with E-state index in [1.54, 1.807) is 50.3 Å². The minimum absolute atomic E-state index is 0. The molecule has 0 saturated heterocycles. The Bertz CT molecular complexity index is 287. The lowest BCUT2D eigenvalue weighted by molar-refractivity contribution is -0.00000689. The lowest BCUT2D eigenvalue weighted by Crippen LogP contribution is -3.00. The fourth-order valence-electron chi connectivity index (χ4n) is 5.05. The van der Waals surface area contributed by atoms with E-state index in [-0.39, 0.29) is 17.0 Å². The highest BCUT2D eigenvalue weighted by atomic mass is 79.9. The maximum atomic E-state index is 2.36. The second kappa shape index (κ2) is 27.2. The first kappa shape index (κ1) is 34.1. The molecule has 190 valence electrons. The summed E-state index contributed by atoms with van der Waals surface area (Å²) in [6.07, 6.45) is 37.6. The highest BCUT2D eigenvalue weighted by Crippen LogP contribution is 2.61. The van der Waals surface area contributed by atoms with Crippen molar-refractivity contribution in [3.8, 4) is 0 Å². The zero-order valence-electron chi connectivity index (χ0n) is 22.5. The average Bonchev–Trinajstić information content (AvgIpc) is 2.76. The zero-order chi connectivity index (χ0) is 22.2. The average molecular weight is 522 g/mol. The van der Waals surface area contributed by atoms with Gasteiger partial charge in [0.15, 0.2) is 0 Å². The van der Waals surface area contributed by atoms with E-state index in [0.29, 0.717) is 0 Å². The van der Waals surface area contributed by atoms with Crippen LogP contribution in [-0.4, -0.2) is 24.6 Å². The first-order chi connectivity index (χ1) is 14.7. The highest BCUT2D eigenvalue weighted by Gasteiger charge is 2.34. The molecule has 0 fully saturated rings. The Labute approximate surface area is 211 Å². The fraction of sp³-hybridized carbons (Fsp3) is 1.00. The standard InChI is InChI=1S/C29H62P.BrH/c1-5-9-13-17-18-19-20-21-25-29-30(26-22-14-10-6-2,27-23-15-11-7-3)28-24-16-12-8-4;/h5-29H2,1-4H3;1H/q+1;/p-1. The van der Waals surface area contributed by atoms with Crippen LogP contribution >= 0.6 is 7.26 Å². The predicted octanol–water partition coefficient (Wildman–Crippen LogP) is 8.28. The summed E-state index contributed by atoms with van der Waals surface area (Å²) in [4.78, 5) is 0. The molecule has 0 aliphatic heterocycles. The number of unbranched alkanes of at least 4 members (excludes halogenated alkanes) is 17. The van der Waals surface area contributed by atoms with Crippen LogP contribution in [0.5, 0.6) is 0 Å². The Morgan fingerprint density at radius 1 is 0.290 bits per heavy atom. The fourth-order valence-corrected chi connectivity index (χ4v) is 9.97. The smallest absolute Gasteiger partial charge is 0.0594 e. The third-order valence-corrected chi connectivity index (χ3v) is 12.3. The molecule has 0 aromatic rings. The van der Waals surface area contributed by atoms with Gasteiger partial charge in [0.25, 0.3) is 0 Å². The Morgan fingerprint density at radius 3 is 0.742 bits per heavy atom. The summed E-state index contributed by atoms with van der Waals surface area (Å²) in [7, 11) is -0.687. The molecule has 0 aliphatic carbocycles. The molecule has 0 unspecified atom stereocenters. The molecule has 0 aromatic heterocycles. The molecule has 0 aliphatic rings. The maximum absolute atomic E-state index is 2.36. The molecule has 0 aromatic carbocycles.